The van der Waals surface area contributed by atoms with Crippen LogP contribution in [0.5, 0.6) is 0 Å². The summed E-state index contributed by atoms with van der Waals surface area (Å²) in [6.07, 6.45) is 1.14. The standard InChI is InChI=1S/C11H12ClN3/c12-8-14-6-3-7-15-10-5-2-1-4-9(10)13-11(14)15/h1-2,4-5H,3,6-8H2. The maximum Gasteiger partial charge on any atom is 0.207 e. The van der Waals surface area contributed by atoms with Gasteiger partial charge in [0, 0.05) is 13.1 Å². The number of halogens is 1. The maximum absolute atomic E-state index is 5.91. The van der Waals surface area contributed by atoms with Gasteiger partial charge < -0.3 is 9.47 Å². The lowest BCUT2D eigenvalue weighted by atomic mass is 10.3. The summed E-state index contributed by atoms with van der Waals surface area (Å²) in [5, 5.41) is 0. The molecule has 0 bridgehead atoms. The number of hydrogen-bond donors (Lipinski definition) is 0. The topological polar surface area (TPSA) is 21.1 Å². The zero-order valence-corrected chi connectivity index (χ0v) is 9.11. The van der Waals surface area contributed by atoms with Crippen LogP contribution in [0.2, 0.25) is 0 Å². The van der Waals surface area contributed by atoms with E-state index in [0.29, 0.717) is 6.00 Å². The first kappa shape index (κ1) is 9.04. The van der Waals surface area contributed by atoms with E-state index >= 15 is 0 Å². The van der Waals surface area contributed by atoms with Gasteiger partial charge in [-0.3, -0.25) is 0 Å². The maximum atomic E-state index is 5.91. The molecule has 0 fully saturated rings. The number of aryl methyl sites for hydroxylation is 1. The molecular formula is C11H12ClN3. The van der Waals surface area contributed by atoms with Crippen molar-refractivity contribution in [3.8, 4) is 0 Å². The third kappa shape index (κ3) is 1.30. The monoisotopic (exact) mass is 221 g/mol. The highest BCUT2D eigenvalue weighted by atomic mass is 35.5. The minimum atomic E-state index is 0.517. The van der Waals surface area contributed by atoms with E-state index in [4.69, 9.17) is 11.6 Å². The van der Waals surface area contributed by atoms with E-state index < -0.39 is 0 Å². The molecule has 0 aliphatic carbocycles. The van der Waals surface area contributed by atoms with Crippen molar-refractivity contribution in [2.75, 3.05) is 17.4 Å². The van der Waals surface area contributed by atoms with Crippen molar-refractivity contribution in [3.05, 3.63) is 24.3 Å². The second kappa shape index (κ2) is 3.42. The zero-order chi connectivity index (χ0) is 10.3. The Morgan fingerprint density at radius 2 is 2.13 bits per heavy atom. The SMILES string of the molecule is ClCN1CCCn2c1nc1ccccc12. The van der Waals surface area contributed by atoms with Gasteiger partial charge in [-0.05, 0) is 18.6 Å². The molecule has 2 heterocycles. The van der Waals surface area contributed by atoms with Crippen molar-refractivity contribution in [2.24, 2.45) is 0 Å². The van der Waals surface area contributed by atoms with Crippen LogP contribution in [0.4, 0.5) is 5.95 Å². The van der Waals surface area contributed by atoms with E-state index in [9.17, 15) is 0 Å². The summed E-state index contributed by atoms with van der Waals surface area (Å²) >= 11 is 5.91. The van der Waals surface area contributed by atoms with Gasteiger partial charge in [0.2, 0.25) is 5.95 Å². The van der Waals surface area contributed by atoms with Crippen LogP contribution in [-0.4, -0.2) is 22.1 Å². The van der Waals surface area contributed by atoms with E-state index in [1.165, 1.54) is 5.52 Å². The quantitative estimate of drug-likeness (QED) is 0.545. The molecule has 0 atom stereocenters. The predicted octanol–water partition coefficient (Wildman–Crippen LogP) is 2.44. The molecule has 2 aromatic rings. The third-order valence-corrected chi connectivity index (χ3v) is 3.16. The van der Waals surface area contributed by atoms with Crippen LogP contribution in [0.1, 0.15) is 6.42 Å². The van der Waals surface area contributed by atoms with Crippen LogP contribution in [0, 0.1) is 0 Å². The predicted molar refractivity (Wildman–Crippen MR) is 62.4 cm³/mol. The second-order valence-corrected chi connectivity index (χ2v) is 4.03. The van der Waals surface area contributed by atoms with Crippen molar-refractivity contribution in [1.82, 2.24) is 9.55 Å². The summed E-state index contributed by atoms with van der Waals surface area (Å²) in [6, 6.07) is 8.75. The molecule has 4 heteroatoms. The highest BCUT2D eigenvalue weighted by Crippen LogP contribution is 2.26. The van der Waals surface area contributed by atoms with Crippen molar-refractivity contribution >= 4 is 28.6 Å². The Kier molecular flexibility index (Phi) is 2.06. The fraction of sp³-hybridized carbons (Fsp3) is 0.364. The summed E-state index contributed by atoms with van der Waals surface area (Å²) in [4.78, 5) is 6.73. The number of hydrogen-bond acceptors (Lipinski definition) is 2. The van der Waals surface area contributed by atoms with E-state index in [-0.39, 0.29) is 0 Å². The van der Waals surface area contributed by atoms with Gasteiger partial charge in [-0.25, -0.2) is 4.98 Å². The van der Waals surface area contributed by atoms with Gasteiger partial charge in [0.05, 0.1) is 17.0 Å². The molecule has 1 aliphatic rings. The molecule has 1 aliphatic heterocycles. The normalized spacial score (nSPS) is 15.7. The number of imidazole rings is 1. The van der Waals surface area contributed by atoms with Crippen LogP contribution >= 0.6 is 11.6 Å². The lowest BCUT2D eigenvalue weighted by molar-refractivity contribution is 0.586. The molecular weight excluding hydrogens is 210 g/mol. The minimum absolute atomic E-state index is 0.517. The van der Waals surface area contributed by atoms with Gasteiger partial charge in [0.1, 0.15) is 0 Å². The fourth-order valence-corrected chi connectivity index (χ4v) is 2.38. The average Bonchev–Trinajstić information content (AvgIpc) is 2.67. The van der Waals surface area contributed by atoms with Crippen molar-refractivity contribution in [2.45, 2.75) is 13.0 Å². The van der Waals surface area contributed by atoms with Gasteiger partial charge in [0.15, 0.2) is 0 Å². The molecule has 0 N–H and O–H groups in total. The average molecular weight is 222 g/mol. The van der Waals surface area contributed by atoms with Crippen LogP contribution in [0.15, 0.2) is 24.3 Å². The van der Waals surface area contributed by atoms with Crippen LogP contribution in [-0.2, 0) is 6.54 Å². The molecule has 3 rings (SSSR count). The molecule has 3 nitrogen and oxygen atoms in total. The summed E-state index contributed by atoms with van der Waals surface area (Å²) in [6.45, 7) is 2.05. The summed E-state index contributed by atoms with van der Waals surface area (Å²) in [7, 11) is 0. The van der Waals surface area contributed by atoms with Crippen LogP contribution in [0.25, 0.3) is 11.0 Å². The lowest BCUT2D eigenvalue weighted by Gasteiger charge is -2.26. The Balaban J connectivity index is 2.24. The number of alkyl halides is 1. The number of nitrogens with zero attached hydrogens (tertiary/aromatic N) is 3. The number of para-hydroxylation sites is 2. The van der Waals surface area contributed by atoms with Crippen LogP contribution < -0.4 is 4.90 Å². The first-order valence-corrected chi connectivity index (χ1v) is 5.70. The van der Waals surface area contributed by atoms with E-state index in [1.807, 2.05) is 12.1 Å². The second-order valence-electron chi connectivity index (χ2n) is 3.79. The number of aromatic nitrogens is 2. The zero-order valence-electron chi connectivity index (χ0n) is 8.36. The molecule has 0 saturated heterocycles. The fourth-order valence-electron chi connectivity index (χ4n) is 2.16. The van der Waals surface area contributed by atoms with Gasteiger partial charge in [0.25, 0.3) is 0 Å². The summed E-state index contributed by atoms with van der Waals surface area (Å²) in [5.74, 6) is 1.01. The molecule has 1 aromatic heterocycles. The van der Waals surface area contributed by atoms with E-state index in [1.54, 1.807) is 0 Å². The lowest BCUT2D eigenvalue weighted by Crippen LogP contribution is -2.31. The molecule has 1 aromatic carbocycles. The number of benzene rings is 1. The summed E-state index contributed by atoms with van der Waals surface area (Å²) < 4.78 is 2.25. The number of fused-ring (bicyclic) bond motifs is 3. The van der Waals surface area contributed by atoms with Crippen molar-refractivity contribution in [3.63, 3.8) is 0 Å². The third-order valence-electron chi connectivity index (χ3n) is 2.87. The Bertz CT molecular complexity index is 492. The Morgan fingerprint density at radius 1 is 1.27 bits per heavy atom. The molecule has 0 saturated carbocycles. The molecule has 0 unspecified atom stereocenters. The highest BCUT2D eigenvalue weighted by Gasteiger charge is 2.19. The van der Waals surface area contributed by atoms with Crippen LogP contribution in [0.3, 0.4) is 0 Å². The molecule has 0 radical (unpaired) electrons. The number of rotatable bonds is 1. The minimum Gasteiger partial charge on any atom is -0.328 e. The van der Waals surface area contributed by atoms with Crippen molar-refractivity contribution < 1.29 is 0 Å². The first-order chi connectivity index (χ1) is 7.40. The van der Waals surface area contributed by atoms with Gasteiger partial charge in [-0.15, -0.1) is 11.6 Å². The first-order valence-electron chi connectivity index (χ1n) is 5.16. The van der Waals surface area contributed by atoms with Gasteiger partial charge in [-0.1, -0.05) is 12.1 Å². The highest BCUT2D eigenvalue weighted by molar-refractivity contribution is 6.19. The molecule has 78 valence electrons. The largest absolute Gasteiger partial charge is 0.328 e. The Hall–Kier alpha value is -1.22. The van der Waals surface area contributed by atoms with Gasteiger partial charge in [-0.2, -0.15) is 0 Å². The molecule has 0 spiro atoms. The summed E-state index contributed by atoms with van der Waals surface area (Å²) in [5.41, 5.74) is 2.27. The van der Waals surface area contributed by atoms with Crippen molar-refractivity contribution in [1.29, 1.82) is 0 Å². The van der Waals surface area contributed by atoms with E-state index in [2.05, 4.69) is 26.6 Å². The molecule has 15 heavy (non-hydrogen) atoms. The molecule has 0 amide bonds. The Labute approximate surface area is 93.3 Å². The number of anilines is 1. The van der Waals surface area contributed by atoms with Gasteiger partial charge >= 0.3 is 0 Å². The smallest absolute Gasteiger partial charge is 0.207 e. The Morgan fingerprint density at radius 3 is 3.00 bits per heavy atom. The van der Waals surface area contributed by atoms with E-state index in [0.717, 1.165) is 31.0 Å².